The van der Waals surface area contributed by atoms with E-state index in [-0.39, 0.29) is 0 Å². The molecule has 0 aliphatic carbocycles. The van der Waals surface area contributed by atoms with Crippen LogP contribution < -0.4 is 4.74 Å². The third kappa shape index (κ3) is 2.68. The zero-order valence-corrected chi connectivity index (χ0v) is 11.9. The quantitative estimate of drug-likeness (QED) is 0.815. The van der Waals surface area contributed by atoms with Crippen LogP contribution in [-0.4, -0.2) is 50.6 Å². The Balaban J connectivity index is 2.26. The predicted octanol–water partition coefficient (Wildman–Crippen LogP) is 2.18. The summed E-state index contributed by atoms with van der Waals surface area (Å²) in [4.78, 5) is 4.85. The molecule has 100 valence electrons. The smallest absolute Gasteiger partial charge is 0.122 e. The Kier molecular flexibility index (Phi) is 4.25. The van der Waals surface area contributed by atoms with Crippen LogP contribution in [0.25, 0.3) is 0 Å². The second-order valence-electron chi connectivity index (χ2n) is 5.18. The van der Waals surface area contributed by atoms with Crippen LogP contribution in [0.4, 0.5) is 0 Å². The number of nitrogens with zero attached hydrogens (tertiary/aromatic N) is 2. The normalized spacial score (nSPS) is 22.1. The highest BCUT2D eigenvalue weighted by Crippen LogP contribution is 2.28. The van der Waals surface area contributed by atoms with E-state index < -0.39 is 0 Å². The van der Waals surface area contributed by atoms with Crippen LogP contribution in [0.3, 0.4) is 0 Å². The highest BCUT2D eigenvalue weighted by atomic mass is 16.5. The maximum atomic E-state index is 5.40. The highest BCUT2D eigenvalue weighted by Gasteiger charge is 2.24. The summed E-state index contributed by atoms with van der Waals surface area (Å²) in [5, 5.41) is 0. The summed E-state index contributed by atoms with van der Waals surface area (Å²) < 4.78 is 5.40. The summed E-state index contributed by atoms with van der Waals surface area (Å²) >= 11 is 0. The number of hydrogen-bond acceptors (Lipinski definition) is 3. The second-order valence-corrected chi connectivity index (χ2v) is 5.18. The summed E-state index contributed by atoms with van der Waals surface area (Å²) in [5.74, 6) is 1.01. The Morgan fingerprint density at radius 3 is 2.72 bits per heavy atom. The lowest BCUT2D eigenvalue weighted by Crippen LogP contribution is -2.44. The monoisotopic (exact) mass is 248 g/mol. The van der Waals surface area contributed by atoms with E-state index in [1.807, 2.05) is 0 Å². The fourth-order valence-electron chi connectivity index (χ4n) is 2.65. The average molecular weight is 248 g/mol. The molecule has 1 atom stereocenters. The molecule has 0 spiro atoms. The molecule has 0 aromatic heterocycles. The Morgan fingerprint density at radius 2 is 2.06 bits per heavy atom. The number of methoxy groups -OCH3 is 1. The van der Waals surface area contributed by atoms with Crippen molar-refractivity contribution in [2.24, 2.45) is 0 Å². The Bertz CT molecular complexity index is 405. The lowest BCUT2D eigenvalue weighted by atomic mass is 9.99. The van der Waals surface area contributed by atoms with E-state index in [2.05, 4.69) is 49.0 Å². The zero-order valence-electron chi connectivity index (χ0n) is 11.9. The topological polar surface area (TPSA) is 15.7 Å². The van der Waals surface area contributed by atoms with Gasteiger partial charge in [-0.1, -0.05) is 19.1 Å². The molecule has 1 saturated heterocycles. The molecule has 0 N–H and O–H groups in total. The lowest BCUT2D eigenvalue weighted by Gasteiger charge is -2.38. The van der Waals surface area contributed by atoms with Crippen LogP contribution in [0, 0.1) is 0 Å². The van der Waals surface area contributed by atoms with Crippen LogP contribution >= 0.6 is 0 Å². The van der Waals surface area contributed by atoms with Crippen LogP contribution in [0.15, 0.2) is 18.2 Å². The van der Waals surface area contributed by atoms with Gasteiger partial charge in [0.05, 0.1) is 7.11 Å². The molecule has 1 aliphatic rings. The Morgan fingerprint density at radius 1 is 1.28 bits per heavy atom. The first-order valence-corrected chi connectivity index (χ1v) is 6.71. The molecule has 0 radical (unpaired) electrons. The first kappa shape index (κ1) is 13.4. The number of piperazine rings is 1. The van der Waals surface area contributed by atoms with Crippen molar-refractivity contribution >= 4 is 0 Å². The van der Waals surface area contributed by atoms with E-state index in [0.717, 1.165) is 31.8 Å². The Labute approximate surface area is 110 Å². The molecule has 1 aromatic carbocycles. The summed E-state index contributed by atoms with van der Waals surface area (Å²) in [6.07, 6.45) is 1.02. The maximum Gasteiger partial charge on any atom is 0.122 e. The maximum absolute atomic E-state index is 5.40. The molecule has 1 heterocycles. The van der Waals surface area contributed by atoms with Gasteiger partial charge in [0.1, 0.15) is 5.75 Å². The van der Waals surface area contributed by atoms with Crippen molar-refractivity contribution in [2.45, 2.75) is 19.4 Å². The highest BCUT2D eigenvalue weighted by molar-refractivity contribution is 5.38. The lowest BCUT2D eigenvalue weighted by molar-refractivity contribution is 0.115. The van der Waals surface area contributed by atoms with Gasteiger partial charge in [-0.25, -0.2) is 0 Å². The van der Waals surface area contributed by atoms with Crippen LogP contribution in [0.2, 0.25) is 0 Å². The van der Waals surface area contributed by atoms with Gasteiger partial charge < -0.3 is 9.64 Å². The van der Waals surface area contributed by atoms with Gasteiger partial charge in [-0.2, -0.15) is 0 Å². The molecule has 0 amide bonds. The number of hydrogen-bond donors (Lipinski definition) is 0. The van der Waals surface area contributed by atoms with Crippen molar-refractivity contribution in [3.05, 3.63) is 29.3 Å². The van der Waals surface area contributed by atoms with Gasteiger partial charge in [0.2, 0.25) is 0 Å². The summed E-state index contributed by atoms with van der Waals surface area (Å²) in [5.41, 5.74) is 2.71. The minimum absolute atomic E-state index is 0.500. The van der Waals surface area contributed by atoms with Crippen molar-refractivity contribution in [3.63, 3.8) is 0 Å². The molecule has 2 rings (SSSR count). The van der Waals surface area contributed by atoms with Crippen LogP contribution in [-0.2, 0) is 6.42 Å². The van der Waals surface area contributed by atoms with E-state index in [1.165, 1.54) is 11.1 Å². The van der Waals surface area contributed by atoms with Gasteiger partial charge in [0.25, 0.3) is 0 Å². The Hall–Kier alpha value is -1.06. The molecule has 1 aromatic rings. The van der Waals surface area contributed by atoms with E-state index in [0.29, 0.717) is 6.04 Å². The minimum atomic E-state index is 0.500. The summed E-state index contributed by atoms with van der Waals surface area (Å²) in [6.45, 7) is 5.57. The molecular formula is C15H24N2O. The number of rotatable bonds is 3. The van der Waals surface area contributed by atoms with Crippen LogP contribution in [0.5, 0.6) is 5.75 Å². The third-order valence-electron chi connectivity index (χ3n) is 3.92. The molecule has 18 heavy (non-hydrogen) atoms. The van der Waals surface area contributed by atoms with E-state index >= 15 is 0 Å². The van der Waals surface area contributed by atoms with Gasteiger partial charge in [-0.15, -0.1) is 0 Å². The molecule has 1 fully saturated rings. The average Bonchev–Trinajstić information content (AvgIpc) is 2.40. The fraction of sp³-hybridized carbons (Fsp3) is 0.600. The summed E-state index contributed by atoms with van der Waals surface area (Å²) in [6, 6.07) is 7.12. The van der Waals surface area contributed by atoms with Crippen molar-refractivity contribution in [2.75, 3.05) is 40.8 Å². The number of likely N-dealkylation sites (N-methyl/N-ethyl adjacent to an activating group) is 2. The minimum Gasteiger partial charge on any atom is -0.496 e. The van der Waals surface area contributed by atoms with Crippen molar-refractivity contribution in [3.8, 4) is 5.75 Å². The van der Waals surface area contributed by atoms with Gasteiger partial charge in [0.15, 0.2) is 0 Å². The van der Waals surface area contributed by atoms with E-state index in [4.69, 9.17) is 4.74 Å². The van der Waals surface area contributed by atoms with Gasteiger partial charge in [-0.3, -0.25) is 4.90 Å². The van der Waals surface area contributed by atoms with Crippen molar-refractivity contribution in [1.29, 1.82) is 0 Å². The molecule has 0 saturated carbocycles. The first-order valence-electron chi connectivity index (χ1n) is 6.71. The number of benzene rings is 1. The van der Waals surface area contributed by atoms with Gasteiger partial charge in [0, 0.05) is 25.7 Å². The van der Waals surface area contributed by atoms with Gasteiger partial charge >= 0.3 is 0 Å². The molecule has 1 unspecified atom stereocenters. The van der Waals surface area contributed by atoms with Crippen LogP contribution in [0.1, 0.15) is 24.1 Å². The molecule has 3 heteroatoms. The number of ether oxygens (including phenoxy) is 1. The van der Waals surface area contributed by atoms with Crippen molar-refractivity contribution in [1.82, 2.24) is 9.80 Å². The fourth-order valence-corrected chi connectivity index (χ4v) is 2.65. The molecular weight excluding hydrogens is 224 g/mol. The van der Waals surface area contributed by atoms with Gasteiger partial charge in [-0.05, 0) is 37.7 Å². The standard InChI is InChI=1S/C15H24N2O/c1-5-12-10-13(6-7-15(12)18-4)14-11-16(2)8-9-17(14)3/h6-7,10,14H,5,8-9,11H2,1-4H3. The third-order valence-corrected chi connectivity index (χ3v) is 3.92. The summed E-state index contributed by atoms with van der Waals surface area (Å²) in [7, 11) is 6.16. The first-order chi connectivity index (χ1) is 8.65. The SMILES string of the molecule is CCc1cc(C2CN(C)CCN2C)ccc1OC. The molecule has 3 nitrogen and oxygen atoms in total. The predicted molar refractivity (Wildman–Crippen MR) is 75.2 cm³/mol. The zero-order chi connectivity index (χ0) is 13.1. The number of aryl methyl sites for hydroxylation is 1. The molecule has 1 aliphatic heterocycles. The van der Waals surface area contributed by atoms with Crippen molar-refractivity contribution < 1.29 is 4.74 Å². The molecule has 0 bridgehead atoms. The largest absolute Gasteiger partial charge is 0.496 e. The van der Waals surface area contributed by atoms with E-state index in [1.54, 1.807) is 7.11 Å². The van der Waals surface area contributed by atoms with E-state index in [9.17, 15) is 0 Å². The second kappa shape index (κ2) is 5.72.